The van der Waals surface area contributed by atoms with Crippen LogP contribution in [0.3, 0.4) is 0 Å². The number of piperidine rings is 2. The Hall–Kier alpha value is -1.06. The first-order chi connectivity index (χ1) is 9.27. The molecule has 0 radical (unpaired) electrons. The molecule has 2 atom stereocenters. The molecule has 0 N–H and O–H groups in total. The average Bonchev–Trinajstić information content (AvgIpc) is 3.28. The molecule has 3 aliphatic rings. The summed E-state index contributed by atoms with van der Waals surface area (Å²) in [6.07, 6.45) is 7.79. The van der Waals surface area contributed by atoms with Crippen molar-refractivity contribution in [2.45, 2.75) is 44.9 Å². The number of amides is 2. The van der Waals surface area contributed by atoms with Gasteiger partial charge in [-0.15, -0.1) is 0 Å². The van der Waals surface area contributed by atoms with Gasteiger partial charge in [0, 0.05) is 26.2 Å². The van der Waals surface area contributed by atoms with Crippen molar-refractivity contribution in [3.63, 3.8) is 0 Å². The van der Waals surface area contributed by atoms with E-state index in [1.165, 1.54) is 12.8 Å². The van der Waals surface area contributed by atoms with E-state index in [0.717, 1.165) is 58.3 Å². The molecule has 2 unspecified atom stereocenters. The molecule has 0 aromatic heterocycles. The normalized spacial score (nSPS) is 31.2. The molecular formula is C15H24N2O2. The Labute approximate surface area is 115 Å². The third-order valence-corrected chi connectivity index (χ3v) is 4.76. The van der Waals surface area contributed by atoms with Crippen LogP contribution in [0.25, 0.3) is 0 Å². The van der Waals surface area contributed by atoms with Gasteiger partial charge in [-0.05, 0) is 44.9 Å². The molecule has 4 nitrogen and oxygen atoms in total. The minimum atomic E-state index is 0.00697. The van der Waals surface area contributed by atoms with Crippen LogP contribution in [-0.2, 0) is 9.59 Å². The highest BCUT2D eigenvalue weighted by atomic mass is 16.2. The van der Waals surface area contributed by atoms with E-state index in [2.05, 4.69) is 0 Å². The van der Waals surface area contributed by atoms with Gasteiger partial charge in [-0.2, -0.15) is 0 Å². The summed E-state index contributed by atoms with van der Waals surface area (Å²) in [6.45, 7) is 3.61. The zero-order chi connectivity index (χ0) is 13.2. The van der Waals surface area contributed by atoms with Crippen LogP contribution in [0.15, 0.2) is 0 Å². The van der Waals surface area contributed by atoms with E-state index in [1.54, 1.807) is 0 Å². The van der Waals surface area contributed by atoms with Crippen molar-refractivity contribution < 1.29 is 9.59 Å². The van der Waals surface area contributed by atoms with Crippen molar-refractivity contribution in [2.24, 2.45) is 11.8 Å². The van der Waals surface area contributed by atoms with Gasteiger partial charge in [-0.1, -0.05) is 0 Å². The van der Waals surface area contributed by atoms with E-state index < -0.39 is 0 Å². The Bertz CT molecular complexity index is 323. The van der Waals surface area contributed by atoms with Crippen molar-refractivity contribution in [1.29, 1.82) is 0 Å². The maximum atomic E-state index is 12.3. The molecule has 2 aliphatic heterocycles. The summed E-state index contributed by atoms with van der Waals surface area (Å²) in [5, 5.41) is 0. The number of rotatable bonds is 2. The zero-order valence-corrected chi connectivity index (χ0v) is 11.6. The number of carbonyl (C=O) groups is 2. The van der Waals surface area contributed by atoms with Gasteiger partial charge in [0.15, 0.2) is 0 Å². The van der Waals surface area contributed by atoms with Gasteiger partial charge in [0.1, 0.15) is 0 Å². The van der Waals surface area contributed by atoms with E-state index in [9.17, 15) is 9.59 Å². The number of hydrogen-bond donors (Lipinski definition) is 0. The Morgan fingerprint density at radius 1 is 0.632 bits per heavy atom. The van der Waals surface area contributed by atoms with Gasteiger partial charge in [-0.3, -0.25) is 9.59 Å². The van der Waals surface area contributed by atoms with Crippen molar-refractivity contribution in [2.75, 3.05) is 26.2 Å². The van der Waals surface area contributed by atoms with Gasteiger partial charge < -0.3 is 9.80 Å². The number of carbonyl (C=O) groups excluding carboxylic acids is 2. The summed E-state index contributed by atoms with van der Waals surface area (Å²) < 4.78 is 0. The van der Waals surface area contributed by atoms with Crippen LogP contribution in [-0.4, -0.2) is 47.8 Å². The minimum absolute atomic E-state index is 0.00697. The topological polar surface area (TPSA) is 40.6 Å². The molecule has 0 spiro atoms. The molecule has 1 aliphatic carbocycles. The van der Waals surface area contributed by atoms with Crippen LogP contribution in [0.2, 0.25) is 0 Å². The lowest BCUT2D eigenvalue weighted by Crippen LogP contribution is -2.40. The fourth-order valence-corrected chi connectivity index (χ4v) is 3.44. The number of hydrogen-bond acceptors (Lipinski definition) is 2. The van der Waals surface area contributed by atoms with E-state index in [1.807, 2.05) is 9.80 Å². The molecule has 2 heterocycles. The predicted molar refractivity (Wildman–Crippen MR) is 72.5 cm³/mol. The van der Waals surface area contributed by atoms with Crippen LogP contribution in [0.4, 0.5) is 0 Å². The summed E-state index contributed by atoms with van der Waals surface area (Å²) >= 11 is 0. The maximum absolute atomic E-state index is 12.3. The highest BCUT2D eigenvalue weighted by Gasteiger charge is 2.50. The molecule has 19 heavy (non-hydrogen) atoms. The van der Waals surface area contributed by atoms with Crippen LogP contribution < -0.4 is 0 Å². The third kappa shape index (κ3) is 2.77. The Kier molecular flexibility index (Phi) is 3.76. The fraction of sp³-hybridized carbons (Fsp3) is 0.867. The fourth-order valence-electron chi connectivity index (χ4n) is 3.44. The SMILES string of the molecule is O=C(C1CC1C(=O)N1CCCCC1)N1CCCCC1. The zero-order valence-electron chi connectivity index (χ0n) is 11.6. The van der Waals surface area contributed by atoms with Gasteiger partial charge in [0.25, 0.3) is 0 Å². The molecular weight excluding hydrogens is 240 g/mol. The van der Waals surface area contributed by atoms with E-state index in [0.29, 0.717) is 0 Å². The molecule has 3 rings (SSSR count). The first-order valence-electron chi connectivity index (χ1n) is 7.85. The van der Waals surface area contributed by atoms with E-state index in [-0.39, 0.29) is 23.7 Å². The van der Waals surface area contributed by atoms with Gasteiger partial charge in [0.2, 0.25) is 11.8 Å². The molecule has 0 aromatic carbocycles. The van der Waals surface area contributed by atoms with Crippen molar-refractivity contribution in [1.82, 2.24) is 9.80 Å². The van der Waals surface area contributed by atoms with Gasteiger partial charge in [-0.25, -0.2) is 0 Å². The lowest BCUT2D eigenvalue weighted by Gasteiger charge is -2.28. The van der Waals surface area contributed by atoms with E-state index >= 15 is 0 Å². The Balaban J connectivity index is 1.52. The van der Waals surface area contributed by atoms with Gasteiger partial charge >= 0.3 is 0 Å². The second-order valence-corrected chi connectivity index (χ2v) is 6.22. The lowest BCUT2D eigenvalue weighted by atomic mass is 10.1. The van der Waals surface area contributed by atoms with Crippen molar-refractivity contribution in [3.05, 3.63) is 0 Å². The third-order valence-electron chi connectivity index (χ3n) is 4.76. The quantitative estimate of drug-likeness (QED) is 0.761. The van der Waals surface area contributed by atoms with Crippen LogP contribution in [0, 0.1) is 11.8 Å². The largest absolute Gasteiger partial charge is 0.342 e. The first kappa shape index (κ1) is 12.9. The summed E-state index contributed by atoms with van der Waals surface area (Å²) in [6, 6.07) is 0. The Morgan fingerprint density at radius 2 is 1.00 bits per heavy atom. The smallest absolute Gasteiger partial charge is 0.226 e. The average molecular weight is 264 g/mol. The molecule has 0 aromatic rings. The molecule has 106 valence electrons. The monoisotopic (exact) mass is 264 g/mol. The van der Waals surface area contributed by atoms with Crippen LogP contribution >= 0.6 is 0 Å². The van der Waals surface area contributed by atoms with Gasteiger partial charge in [0.05, 0.1) is 11.8 Å². The first-order valence-corrected chi connectivity index (χ1v) is 7.85. The van der Waals surface area contributed by atoms with Crippen LogP contribution in [0.1, 0.15) is 44.9 Å². The predicted octanol–water partition coefficient (Wildman–Crippen LogP) is 1.65. The standard InChI is InChI=1S/C15H24N2O2/c18-14(16-7-3-1-4-8-16)12-11-13(12)15(19)17-9-5-2-6-10-17/h12-13H,1-11H2. The minimum Gasteiger partial charge on any atom is -0.342 e. The molecule has 2 amide bonds. The molecule has 1 saturated carbocycles. The van der Waals surface area contributed by atoms with Crippen molar-refractivity contribution >= 4 is 11.8 Å². The second kappa shape index (κ2) is 5.51. The molecule has 2 saturated heterocycles. The molecule has 4 heteroatoms. The maximum Gasteiger partial charge on any atom is 0.226 e. The highest BCUT2D eigenvalue weighted by Crippen LogP contribution is 2.42. The summed E-state index contributed by atoms with van der Waals surface area (Å²) in [7, 11) is 0. The van der Waals surface area contributed by atoms with Crippen LogP contribution in [0.5, 0.6) is 0 Å². The lowest BCUT2D eigenvalue weighted by molar-refractivity contribution is -0.138. The molecule has 3 fully saturated rings. The van der Waals surface area contributed by atoms with E-state index in [4.69, 9.17) is 0 Å². The summed E-state index contributed by atoms with van der Waals surface area (Å²) in [5.41, 5.74) is 0. The molecule has 0 bridgehead atoms. The summed E-state index contributed by atoms with van der Waals surface area (Å²) in [4.78, 5) is 28.6. The summed E-state index contributed by atoms with van der Waals surface area (Å²) in [5.74, 6) is 0.505. The van der Waals surface area contributed by atoms with Crippen molar-refractivity contribution in [3.8, 4) is 0 Å². The second-order valence-electron chi connectivity index (χ2n) is 6.22. The number of likely N-dealkylation sites (tertiary alicyclic amines) is 2. The highest BCUT2D eigenvalue weighted by molar-refractivity contribution is 5.92. The number of nitrogens with zero attached hydrogens (tertiary/aromatic N) is 2. The Morgan fingerprint density at radius 3 is 1.37 bits per heavy atom.